The number of hydrogen-bond acceptors (Lipinski definition) is 4. The second-order valence-corrected chi connectivity index (χ2v) is 3.24. The Hall–Kier alpha value is -1.73. The minimum Gasteiger partial charge on any atom is -0.463 e. The summed E-state index contributed by atoms with van der Waals surface area (Å²) in [4.78, 5) is 11.1. The standard InChI is InChI=1S/C12H15NO3/c1-3-4-5-8-13-9-10-6-7-11(16-10)12(14)15-2/h1,6-7,13H,4-5,8-9H2,2H3. The topological polar surface area (TPSA) is 51.5 Å². The molecule has 0 fully saturated rings. The summed E-state index contributed by atoms with van der Waals surface area (Å²) >= 11 is 0. The monoisotopic (exact) mass is 221 g/mol. The summed E-state index contributed by atoms with van der Waals surface area (Å²) in [7, 11) is 1.32. The van der Waals surface area contributed by atoms with Crippen LogP contribution in [0.5, 0.6) is 0 Å². The van der Waals surface area contributed by atoms with Gasteiger partial charge in [0, 0.05) is 6.42 Å². The van der Waals surface area contributed by atoms with Crippen LogP contribution >= 0.6 is 0 Å². The average Bonchev–Trinajstić information content (AvgIpc) is 2.76. The van der Waals surface area contributed by atoms with Crippen molar-refractivity contribution in [3.63, 3.8) is 0 Å². The average molecular weight is 221 g/mol. The van der Waals surface area contributed by atoms with E-state index in [0.717, 1.165) is 19.4 Å². The van der Waals surface area contributed by atoms with Crippen molar-refractivity contribution >= 4 is 5.97 Å². The van der Waals surface area contributed by atoms with E-state index in [-0.39, 0.29) is 5.76 Å². The van der Waals surface area contributed by atoms with Gasteiger partial charge in [0.1, 0.15) is 5.76 Å². The highest BCUT2D eigenvalue weighted by Crippen LogP contribution is 2.08. The fourth-order valence-corrected chi connectivity index (χ4v) is 1.21. The maximum Gasteiger partial charge on any atom is 0.373 e. The lowest BCUT2D eigenvalue weighted by Gasteiger charge is -2.00. The number of nitrogens with one attached hydrogen (secondary N) is 1. The third-order valence-electron chi connectivity index (χ3n) is 2.02. The van der Waals surface area contributed by atoms with Gasteiger partial charge in [-0.3, -0.25) is 0 Å². The number of rotatable bonds is 6. The summed E-state index contributed by atoms with van der Waals surface area (Å²) < 4.78 is 9.80. The van der Waals surface area contributed by atoms with Gasteiger partial charge in [0.2, 0.25) is 5.76 Å². The van der Waals surface area contributed by atoms with Crippen molar-refractivity contribution in [3.8, 4) is 12.3 Å². The van der Waals surface area contributed by atoms with E-state index in [4.69, 9.17) is 10.8 Å². The maximum absolute atomic E-state index is 11.1. The Labute approximate surface area is 95.0 Å². The minimum absolute atomic E-state index is 0.225. The molecule has 1 aromatic rings. The van der Waals surface area contributed by atoms with Crippen molar-refractivity contribution < 1.29 is 13.9 Å². The lowest BCUT2D eigenvalue weighted by Crippen LogP contribution is -2.13. The van der Waals surface area contributed by atoms with Crippen LogP contribution < -0.4 is 5.32 Å². The summed E-state index contributed by atoms with van der Waals surface area (Å²) in [6.45, 7) is 1.42. The number of hydrogen-bond donors (Lipinski definition) is 1. The Balaban J connectivity index is 2.30. The van der Waals surface area contributed by atoms with Gasteiger partial charge in [0.25, 0.3) is 0 Å². The van der Waals surface area contributed by atoms with Crippen molar-refractivity contribution in [1.29, 1.82) is 0 Å². The van der Waals surface area contributed by atoms with E-state index >= 15 is 0 Å². The molecule has 0 aromatic carbocycles. The molecule has 0 aliphatic heterocycles. The highest BCUT2D eigenvalue weighted by Gasteiger charge is 2.10. The Morgan fingerprint density at radius 2 is 2.44 bits per heavy atom. The molecule has 1 N–H and O–H groups in total. The van der Waals surface area contributed by atoms with Gasteiger partial charge in [-0.25, -0.2) is 4.79 Å². The smallest absolute Gasteiger partial charge is 0.373 e. The van der Waals surface area contributed by atoms with E-state index in [9.17, 15) is 4.79 Å². The molecule has 0 radical (unpaired) electrons. The van der Waals surface area contributed by atoms with Crippen molar-refractivity contribution in [1.82, 2.24) is 5.32 Å². The van der Waals surface area contributed by atoms with Gasteiger partial charge < -0.3 is 14.5 Å². The van der Waals surface area contributed by atoms with E-state index in [1.54, 1.807) is 12.1 Å². The number of furan rings is 1. The first kappa shape index (κ1) is 12.3. The van der Waals surface area contributed by atoms with Crippen LogP contribution in [-0.2, 0) is 11.3 Å². The van der Waals surface area contributed by atoms with E-state index in [1.807, 2.05) is 0 Å². The van der Waals surface area contributed by atoms with E-state index in [0.29, 0.717) is 12.3 Å². The van der Waals surface area contributed by atoms with Crippen LogP contribution in [0.15, 0.2) is 16.5 Å². The highest BCUT2D eigenvalue weighted by molar-refractivity contribution is 5.86. The predicted octanol–water partition coefficient (Wildman–Crippen LogP) is 1.57. The van der Waals surface area contributed by atoms with Crippen LogP contribution in [0.4, 0.5) is 0 Å². The number of terminal acetylenes is 1. The number of carbonyl (C=O) groups is 1. The van der Waals surface area contributed by atoms with Gasteiger partial charge in [0.05, 0.1) is 13.7 Å². The SMILES string of the molecule is C#CCCCNCc1ccc(C(=O)OC)o1. The molecule has 16 heavy (non-hydrogen) atoms. The number of esters is 1. The molecule has 0 spiro atoms. The van der Waals surface area contributed by atoms with Crippen LogP contribution in [0, 0.1) is 12.3 Å². The lowest BCUT2D eigenvalue weighted by atomic mass is 10.3. The molecule has 1 rings (SSSR count). The summed E-state index contributed by atoms with van der Waals surface area (Å²) in [5.41, 5.74) is 0. The maximum atomic E-state index is 11.1. The van der Waals surface area contributed by atoms with Gasteiger partial charge in [0.15, 0.2) is 0 Å². The summed E-state index contributed by atoms with van der Waals surface area (Å²) in [6.07, 6.45) is 6.82. The molecule has 0 atom stereocenters. The van der Waals surface area contributed by atoms with Crippen molar-refractivity contribution in [2.24, 2.45) is 0 Å². The Morgan fingerprint density at radius 1 is 1.62 bits per heavy atom. The largest absolute Gasteiger partial charge is 0.463 e. The zero-order valence-corrected chi connectivity index (χ0v) is 9.29. The second-order valence-electron chi connectivity index (χ2n) is 3.24. The van der Waals surface area contributed by atoms with Crippen LogP contribution in [0.1, 0.15) is 29.2 Å². The van der Waals surface area contributed by atoms with Crippen LogP contribution in [0.2, 0.25) is 0 Å². The molecular formula is C12H15NO3. The van der Waals surface area contributed by atoms with Gasteiger partial charge in [-0.1, -0.05) is 0 Å². The first-order valence-electron chi connectivity index (χ1n) is 5.09. The molecule has 0 unspecified atom stereocenters. The van der Waals surface area contributed by atoms with Crippen LogP contribution in [0.25, 0.3) is 0 Å². The minimum atomic E-state index is -0.460. The molecule has 4 heteroatoms. The Bertz CT molecular complexity index is 376. The lowest BCUT2D eigenvalue weighted by molar-refractivity contribution is 0.0563. The molecule has 1 heterocycles. The third kappa shape index (κ3) is 3.79. The molecule has 0 aliphatic rings. The summed E-state index contributed by atoms with van der Waals surface area (Å²) in [5, 5.41) is 3.17. The quantitative estimate of drug-likeness (QED) is 0.450. The molecule has 4 nitrogen and oxygen atoms in total. The van der Waals surface area contributed by atoms with Gasteiger partial charge in [-0.2, -0.15) is 0 Å². The fraction of sp³-hybridized carbons (Fsp3) is 0.417. The molecule has 1 aromatic heterocycles. The number of carbonyl (C=O) groups excluding carboxylic acids is 1. The molecule has 0 amide bonds. The number of methoxy groups -OCH3 is 1. The van der Waals surface area contributed by atoms with Crippen molar-refractivity contribution in [2.45, 2.75) is 19.4 Å². The van der Waals surface area contributed by atoms with Crippen LogP contribution in [0.3, 0.4) is 0 Å². The van der Waals surface area contributed by atoms with E-state index in [1.165, 1.54) is 7.11 Å². The summed E-state index contributed by atoms with van der Waals surface area (Å²) in [5.74, 6) is 3.04. The molecule has 0 bridgehead atoms. The number of ether oxygens (including phenoxy) is 1. The molecular weight excluding hydrogens is 206 g/mol. The number of unbranched alkanes of at least 4 members (excludes halogenated alkanes) is 1. The Kier molecular flexibility index (Phi) is 5.17. The summed E-state index contributed by atoms with van der Waals surface area (Å²) in [6, 6.07) is 3.35. The van der Waals surface area contributed by atoms with E-state index < -0.39 is 5.97 Å². The zero-order valence-electron chi connectivity index (χ0n) is 9.29. The highest BCUT2D eigenvalue weighted by atomic mass is 16.5. The van der Waals surface area contributed by atoms with Crippen LogP contribution in [-0.4, -0.2) is 19.6 Å². The second kappa shape index (κ2) is 6.70. The van der Waals surface area contributed by atoms with Crippen molar-refractivity contribution in [2.75, 3.05) is 13.7 Å². The van der Waals surface area contributed by atoms with Gasteiger partial charge in [-0.15, -0.1) is 12.3 Å². The normalized spacial score (nSPS) is 9.75. The predicted molar refractivity (Wildman–Crippen MR) is 59.8 cm³/mol. The fourth-order valence-electron chi connectivity index (χ4n) is 1.21. The Morgan fingerprint density at radius 3 is 3.12 bits per heavy atom. The van der Waals surface area contributed by atoms with Gasteiger partial charge in [-0.05, 0) is 25.1 Å². The third-order valence-corrected chi connectivity index (χ3v) is 2.02. The van der Waals surface area contributed by atoms with Crippen molar-refractivity contribution in [3.05, 3.63) is 23.7 Å². The molecule has 0 aliphatic carbocycles. The van der Waals surface area contributed by atoms with Gasteiger partial charge >= 0.3 is 5.97 Å². The first-order chi connectivity index (χ1) is 7.77. The van der Waals surface area contributed by atoms with E-state index in [2.05, 4.69) is 16.0 Å². The zero-order chi connectivity index (χ0) is 11.8. The molecule has 0 saturated carbocycles. The first-order valence-corrected chi connectivity index (χ1v) is 5.09. The molecule has 86 valence electrons. The molecule has 0 saturated heterocycles.